The van der Waals surface area contributed by atoms with Gasteiger partial charge in [0.05, 0.1) is 0 Å². The van der Waals surface area contributed by atoms with Gasteiger partial charge >= 0.3 is 0 Å². The van der Waals surface area contributed by atoms with Crippen LogP contribution < -0.4 is 10.1 Å². The standard InChI is InChI=1S/C21H27NO/c1-3-7-18(8-4-1)17-22-15-16-23-21-13-11-20(12-14-21)19-9-5-2-6-10-19/h2,5-6,9-14,18,22H,1,3-4,7-8,15-17H2. The smallest absolute Gasteiger partial charge is 0.119 e. The van der Waals surface area contributed by atoms with Crippen molar-refractivity contribution in [3.8, 4) is 16.9 Å². The van der Waals surface area contributed by atoms with Gasteiger partial charge in [-0.2, -0.15) is 0 Å². The molecule has 0 unspecified atom stereocenters. The van der Waals surface area contributed by atoms with Crippen LogP contribution in [0.2, 0.25) is 0 Å². The maximum atomic E-state index is 5.82. The van der Waals surface area contributed by atoms with Gasteiger partial charge in [0.15, 0.2) is 0 Å². The summed E-state index contributed by atoms with van der Waals surface area (Å²) in [7, 11) is 0. The summed E-state index contributed by atoms with van der Waals surface area (Å²) in [5, 5.41) is 3.54. The maximum Gasteiger partial charge on any atom is 0.119 e. The monoisotopic (exact) mass is 309 g/mol. The summed E-state index contributed by atoms with van der Waals surface area (Å²) in [6.07, 6.45) is 7.05. The van der Waals surface area contributed by atoms with Crippen LogP contribution in [0.25, 0.3) is 11.1 Å². The van der Waals surface area contributed by atoms with Gasteiger partial charge in [-0.15, -0.1) is 0 Å². The summed E-state index contributed by atoms with van der Waals surface area (Å²) in [4.78, 5) is 0. The van der Waals surface area contributed by atoms with Crippen LogP contribution in [0.5, 0.6) is 5.75 Å². The van der Waals surface area contributed by atoms with Gasteiger partial charge in [-0.1, -0.05) is 61.7 Å². The van der Waals surface area contributed by atoms with Gasteiger partial charge in [0, 0.05) is 6.54 Å². The van der Waals surface area contributed by atoms with Crippen molar-refractivity contribution in [3.63, 3.8) is 0 Å². The van der Waals surface area contributed by atoms with E-state index in [2.05, 4.69) is 53.8 Å². The molecule has 122 valence electrons. The SMILES string of the molecule is c1ccc(-c2ccc(OCCNCC3CCCCC3)cc2)cc1. The molecule has 2 nitrogen and oxygen atoms in total. The predicted octanol–water partition coefficient (Wildman–Crippen LogP) is 4.90. The third-order valence-corrected chi connectivity index (χ3v) is 4.67. The number of rotatable bonds is 7. The fraction of sp³-hybridized carbons (Fsp3) is 0.429. The zero-order valence-corrected chi connectivity index (χ0v) is 13.8. The third-order valence-electron chi connectivity index (χ3n) is 4.67. The molecule has 0 aliphatic heterocycles. The minimum Gasteiger partial charge on any atom is -0.492 e. The van der Waals surface area contributed by atoms with E-state index in [1.165, 1.54) is 43.2 Å². The predicted molar refractivity (Wildman–Crippen MR) is 96.8 cm³/mol. The Morgan fingerprint density at radius 3 is 2.26 bits per heavy atom. The van der Waals surface area contributed by atoms with Crippen LogP contribution in [0.15, 0.2) is 54.6 Å². The molecule has 1 fully saturated rings. The van der Waals surface area contributed by atoms with Crippen LogP contribution in [0, 0.1) is 5.92 Å². The highest BCUT2D eigenvalue weighted by molar-refractivity contribution is 5.63. The van der Waals surface area contributed by atoms with E-state index >= 15 is 0 Å². The minimum absolute atomic E-state index is 0.734. The maximum absolute atomic E-state index is 5.82. The summed E-state index contributed by atoms with van der Waals surface area (Å²) in [6.45, 7) is 2.81. The van der Waals surface area contributed by atoms with Crippen molar-refractivity contribution in [1.29, 1.82) is 0 Å². The molecule has 2 aromatic rings. The second kappa shape index (κ2) is 8.73. The topological polar surface area (TPSA) is 21.3 Å². The second-order valence-corrected chi connectivity index (χ2v) is 6.45. The van der Waals surface area contributed by atoms with Gasteiger partial charge in [-0.3, -0.25) is 0 Å². The Balaban J connectivity index is 1.37. The normalized spacial score (nSPS) is 15.5. The van der Waals surface area contributed by atoms with Crippen LogP contribution in [-0.2, 0) is 0 Å². The number of nitrogens with one attached hydrogen (secondary N) is 1. The summed E-state index contributed by atoms with van der Waals surface area (Å²) in [5.41, 5.74) is 2.47. The van der Waals surface area contributed by atoms with Crippen LogP contribution in [0.4, 0.5) is 0 Å². The van der Waals surface area contributed by atoms with Gasteiger partial charge in [0.2, 0.25) is 0 Å². The molecule has 0 atom stereocenters. The lowest BCUT2D eigenvalue weighted by Crippen LogP contribution is -2.28. The molecule has 3 rings (SSSR count). The third kappa shape index (κ3) is 5.11. The van der Waals surface area contributed by atoms with Gasteiger partial charge in [-0.25, -0.2) is 0 Å². The van der Waals surface area contributed by atoms with Crippen LogP contribution >= 0.6 is 0 Å². The Labute approximate surface area is 139 Å². The van der Waals surface area contributed by atoms with Gasteiger partial charge in [0.25, 0.3) is 0 Å². The van der Waals surface area contributed by atoms with E-state index in [0.29, 0.717) is 0 Å². The lowest BCUT2D eigenvalue weighted by Gasteiger charge is -2.21. The number of benzene rings is 2. The van der Waals surface area contributed by atoms with Gasteiger partial charge in [0.1, 0.15) is 12.4 Å². The molecular formula is C21H27NO. The second-order valence-electron chi connectivity index (χ2n) is 6.45. The molecule has 1 N–H and O–H groups in total. The van der Waals surface area contributed by atoms with E-state index in [1.807, 2.05) is 6.07 Å². The molecule has 0 aromatic heterocycles. The number of ether oxygens (including phenoxy) is 1. The first-order valence-corrected chi connectivity index (χ1v) is 8.91. The molecule has 0 spiro atoms. The molecule has 1 saturated carbocycles. The van der Waals surface area contributed by atoms with E-state index in [0.717, 1.165) is 31.4 Å². The van der Waals surface area contributed by atoms with Crippen molar-refractivity contribution in [1.82, 2.24) is 5.32 Å². The molecule has 2 heteroatoms. The van der Waals surface area contributed by atoms with E-state index < -0.39 is 0 Å². The molecule has 23 heavy (non-hydrogen) atoms. The van der Waals surface area contributed by atoms with E-state index in [9.17, 15) is 0 Å². The molecule has 0 radical (unpaired) electrons. The Hall–Kier alpha value is -1.80. The molecule has 0 bridgehead atoms. The van der Waals surface area contributed by atoms with E-state index in [-0.39, 0.29) is 0 Å². The molecule has 1 aliphatic carbocycles. The number of hydrogen-bond donors (Lipinski definition) is 1. The minimum atomic E-state index is 0.734. The van der Waals surface area contributed by atoms with Crippen LogP contribution in [-0.4, -0.2) is 19.7 Å². The lowest BCUT2D eigenvalue weighted by molar-refractivity contribution is 0.294. The highest BCUT2D eigenvalue weighted by atomic mass is 16.5. The highest BCUT2D eigenvalue weighted by Crippen LogP contribution is 2.23. The Morgan fingerprint density at radius 1 is 0.826 bits per heavy atom. The molecule has 0 saturated heterocycles. The first-order chi connectivity index (χ1) is 11.4. The zero-order valence-electron chi connectivity index (χ0n) is 13.8. The van der Waals surface area contributed by atoms with Crippen molar-refractivity contribution >= 4 is 0 Å². The van der Waals surface area contributed by atoms with Crippen molar-refractivity contribution in [2.24, 2.45) is 5.92 Å². The van der Waals surface area contributed by atoms with Crippen molar-refractivity contribution in [2.45, 2.75) is 32.1 Å². The first kappa shape index (κ1) is 16.1. The zero-order chi connectivity index (χ0) is 15.7. The van der Waals surface area contributed by atoms with Crippen molar-refractivity contribution in [2.75, 3.05) is 19.7 Å². The lowest BCUT2D eigenvalue weighted by atomic mass is 9.89. The molecule has 2 aromatic carbocycles. The average molecular weight is 309 g/mol. The van der Waals surface area contributed by atoms with Gasteiger partial charge in [-0.05, 0) is 48.6 Å². The van der Waals surface area contributed by atoms with Crippen LogP contribution in [0.1, 0.15) is 32.1 Å². The Kier molecular flexibility index (Phi) is 6.10. The fourth-order valence-corrected chi connectivity index (χ4v) is 3.31. The largest absolute Gasteiger partial charge is 0.492 e. The van der Waals surface area contributed by atoms with E-state index in [4.69, 9.17) is 4.74 Å². The summed E-state index contributed by atoms with van der Waals surface area (Å²) in [5.74, 6) is 1.83. The number of hydrogen-bond acceptors (Lipinski definition) is 2. The summed E-state index contributed by atoms with van der Waals surface area (Å²) in [6, 6.07) is 18.8. The Bertz CT molecular complexity index is 558. The Morgan fingerprint density at radius 2 is 1.52 bits per heavy atom. The average Bonchev–Trinajstić information content (AvgIpc) is 2.64. The molecule has 1 aliphatic rings. The first-order valence-electron chi connectivity index (χ1n) is 8.91. The summed E-state index contributed by atoms with van der Waals surface area (Å²) >= 11 is 0. The van der Waals surface area contributed by atoms with E-state index in [1.54, 1.807) is 0 Å². The fourth-order valence-electron chi connectivity index (χ4n) is 3.31. The molecular weight excluding hydrogens is 282 g/mol. The molecule has 0 amide bonds. The van der Waals surface area contributed by atoms with Crippen molar-refractivity contribution < 1.29 is 4.74 Å². The quantitative estimate of drug-likeness (QED) is 0.734. The summed E-state index contributed by atoms with van der Waals surface area (Å²) < 4.78 is 5.82. The van der Waals surface area contributed by atoms with Gasteiger partial charge < -0.3 is 10.1 Å². The molecule has 0 heterocycles. The van der Waals surface area contributed by atoms with Crippen molar-refractivity contribution in [3.05, 3.63) is 54.6 Å². The highest BCUT2D eigenvalue weighted by Gasteiger charge is 2.12. The van der Waals surface area contributed by atoms with Crippen LogP contribution in [0.3, 0.4) is 0 Å².